The Hall–Kier alpha value is -2.44. The van der Waals surface area contributed by atoms with Crippen LogP contribution in [0.2, 0.25) is 0 Å². The molecule has 1 aromatic heterocycles. The number of aromatic nitrogens is 2. The van der Waals surface area contributed by atoms with Gasteiger partial charge in [0.25, 0.3) is 0 Å². The van der Waals surface area contributed by atoms with Gasteiger partial charge in [-0.25, -0.2) is 9.97 Å². The minimum absolute atomic E-state index is 0.108. The van der Waals surface area contributed by atoms with Gasteiger partial charge in [-0.15, -0.1) is 0 Å². The normalized spacial score (nSPS) is 11.2. The maximum absolute atomic E-state index is 12.4. The maximum Gasteiger partial charge on any atom is 0.416 e. The minimum Gasteiger partial charge on any atom is -0.483 e. The van der Waals surface area contributed by atoms with Crippen molar-refractivity contribution >= 4 is 6.29 Å². The van der Waals surface area contributed by atoms with Crippen molar-refractivity contribution in [2.45, 2.75) is 6.18 Å². The molecule has 0 bridgehead atoms. The SMILES string of the molecule is O=CCOc1cnc(-c2ccc(C(F)(F)F)cc2)nc1. The predicted molar refractivity (Wildman–Crippen MR) is 64.0 cm³/mol. The van der Waals surface area contributed by atoms with Crippen molar-refractivity contribution in [3.63, 3.8) is 0 Å². The monoisotopic (exact) mass is 282 g/mol. The van der Waals surface area contributed by atoms with Crippen LogP contribution in [0.4, 0.5) is 13.2 Å². The van der Waals surface area contributed by atoms with Crippen LogP contribution in [0.3, 0.4) is 0 Å². The van der Waals surface area contributed by atoms with Gasteiger partial charge in [-0.05, 0) is 12.1 Å². The molecule has 1 heterocycles. The number of nitrogens with zero attached hydrogens (tertiary/aromatic N) is 2. The highest BCUT2D eigenvalue weighted by Crippen LogP contribution is 2.30. The third kappa shape index (κ3) is 3.31. The zero-order chi connectivity index (χ0) is 14.6. The average Bonchev–Trinajstić information content (AvgIpc) is 2.45. The Bertz CT molecular complexity index is 580. The van der Waals surface area contributed by atoms with Gasteiger partial charge in [0.05, 0.1) is 18.0 Å². The lowest BCUT2D eigenvalue weighted by Crippen LogP contribution is -2.04. The van der Waals surface area contributed by atoms with Crippen LogP contribution >= 0.6 is 0 Å². The van der Waals surface area contributed by atoms with Gasteiger partial charge in [-0.2, -0.15) is 13.2 Å². The van der Waals surface area contributed by atoms with Crippen LogP contribution in [-0.4, -0.2) is 22.9 Å². The van der Waals surface area contributed by atoms with E-state index in [9.17, 15) is 18.0 Å². The van der Waals surface area contributed by atoms with Crippen LogP contribution in [0.15, 0.2) is 36.7 Å². The molecule has 0 spiro atoms. The summed E-state index contributed by atoms with van der Waals surface area (Å²) < 4.78 is 42.2. The maximum atomic E-state index is 12.4. The highest BCUT2D eigenvalue weighted by Gasteiger charge is 2.30. The summed E-state index contributed by atoms with van der Waals surface area (Å²) in [6.45, 7) is -0.108. The second-order valence-electron chi connectivity index (χ2n) is 3.80. The molecule has 0 fully saturated rings. The van der Waals surface area contributed by atoms with Gasteiger partial charge < -0.3 is 4.74 Å². The fraction of sp³-hybridized carbons (Fsp3) is 0.154. The summed E-state index contributed by atoms with van der Waals surface area (Å²) in [5.74, 6) is 0.588. The second kappa shape index (κ2) is 5.68. The molecule has 0 saturated carbocycles. The zero-order valence-corrected chi connectivity index (χ0v) is 10.1. The molecule has 4 nitrogen and oxygen atoms in total. The fourth-order valence-electron chi connectivity index (χ4n) is 1.48. The van der Waals surface area contributed by atoms with Crippen molar-refractivity contribution in [1.82, 2.24) is 9.97 Å². The average molecular weight is 282 g/mol. The van der Waals surface area contributed by atoms with Crippen LogP contribution in [0.5, 0.6) is 5.75 Å². The van der Waals surface area contributed by atoms with Crippen molar-refractivity contribution in [1.29, 1.82) is 0 Å². The number of ether oxygens (including phenoxy) is 1. The van der Waals surface area contributed by atoms with Gasteiger partial charge in [0, 0.05) is 5.56 Å². The van der Waals surface area contributed by atoms with Gasteiger partial charge in [0.1, 0.15) is 6.61 Å². The Kier molecular flexibility index (Phi) is 3.97. The van der Waals surface area contributed by atoms with E-state index in [0.29, 0.717) is 17.6 Å². The lowest BCUT2D eigenvalue weighted by molar-refractivity contribution is -0.137. The molecular weight excluding hydrogens is 273 g/mol. The molecule has 0 unspecified atom stereocenters. The molecule has 20 heavy (non-hydrogen) atoms. The first-order valence-electron chi connectivity index (χ1n) is 5.57. The summed E-state index contributed by atoms with van der Waals surface area (Å²) in [5.41, 5.74) is -0.271. The van der Waals surface area contributed by atoms with E-state index >= 15 is 0 Å². The summed E-state index contributed by atoms with van der Waals surface area (Å²) in [5, 5.41) is 0. The Labute approximate surface area is 112 Å². The molecule has 2 aromatic rings. The number of hydrogen-bond donors (Lipinski definition) is 0. The molecule has 0 atom stereocenters. The molecule has 0 amide bonds. The molecule has 104 valence electrons. The fourth-order valence-corrected chi connectivity index (χ4v) is 1.48. The van der Waals surface area contributed by atoms with Gasteiger partial charge in [0.15, 0.2) is 17.9 Å². The largest absolute Gasteiger partial charge is 0.483 e. The Balaban J connectivity index is 2.17. The van der Waals surface area contributed by atoms with Crippen molar-refractivity contribution < 1.29 is 22.7 Å². The van der Waals surface area contributed by atoms with Gasteiger partial charge >= 0.3 is 6.18 Å². The first-order valence-corrected chi connectivity index (χ1v) is 5.57. The third-order valence-corrected chi connectivity index (χ3v) is 2.42. The van der Waals surface area contributed by atoms with E-state index in [-0.39, 0.29) is 12.4 Å². The predicted octanol–water partition coefficient (Wildman–Crippen LogP) is 2.74. The van der Waals surface area contributed by atoms with Crippen LogP contribution in [0.25, 0.3) is 11.4 Å². The molecule has 0 saturated heterocycles. The number of halogens is 3. The number of aldehydes is 1. The van der Waals surface area contributed by atoms with Crippen LogP contribution in [-0.2, 0) is 11.0 Å². The van der Waals surface area contributed by atoms with Crippen molar-refractivity contribution in [3.05, 3.63) is 42.2 Å². The summed E-state index contributed by atoms with van der Waals surface area (Å²) in [6, 6.07) is 4.53. The molecule has 2 rings (SSSR count). The number of carbonyl (C=O) groups is 1. The highest BCUT2D eigenvalue weighted by molar-refractivity contribution is 5.55. The van der Waals surface area contributed by atoms with Crippen molar-refractivity contribution in [2.24, 2.45) is 0 Å². The van der Waals surface area contributed by atoms with Crippen molar-refractivity contribution in [2.75, 3.05) is 6.61 Å². The van der Waals surface area contributed by atoms with E-state index in [1.54, 1.807) is 0 Å². The Morgan fingerprint density at radius 3 is 2.20 bits per heavy atom. The van der Waals surface area contributed by atoms with E-state index in [1.807, 2.05) is 0 Å². The number of benzene rings is 1. The standard InChI is InChI=1S/C13H9F3N2O2/c14-13(15,16)10-3-1-9(2-4-10)12-17-7-11(8-18-12)20-6-5-19/h1-5,7-8H,6H2. The molecule has 0 radical (unpaired) electrons. The number of rotatable bonds is 4. The first kappa shape index (κ1) is 14.0. The van der Waals surface area contributed by atoms with E-state index in [0.717, 1.165) is 12.1 Å². The van der Waals surface area contributed by atoms with Crippen molar-refractivity contribution in [3.8, 4) is 17.1 Å². The lowest BCUT2D eigenvalue weighted by Gasteiger charge is -2.07. The van der Waals surface area contributed by atoms with Crippen LogP contribution in [0.1, 0.15) is 5.56 Å². The molecular formula is C13H9F3N2O2. The Morgan fingerprint density at radius 1 is 1.10 bits per heavy atom. The minimum atomic E-state index is -4.37. The zero-order valence-electron chi connectivity index (χ0n) is 10.1. The van der Waals surface area contributed by atoms with Gasteiger partial charge in [-0.3, -0.25) is 4.79 Å². The Morgan fingerprint density at radius 2 is 1.70 bits per heavy atom. The molecule has 0 aliphatic rings. The smallest absolute Gasteiger partial charge is 0.416 e. The van der Waals surface area contributed by atoms with E-state index < -0.39 is 11.7 Å². The molecule has 1 aromatic carbocycles. The molecule has 0 aliphatic heterocycles. The molecule has 0 aliphatic carbocycles. The van der Waals surface area contributed by atoms with E-state index in [1.165, 1.54) is 24.5 Å². The summed E-state index contributed by atoms with van der Waals surface area (Å²) in [7, 11) is 0. The number of hydrogen-bond acceptors (Lipinski definition) is 4. The topological polar surface area (TPSA) is 52.1 Å². The number of carbonyl (C=O) groups excluding carboxylic acids is 1. The van der Waals surface area contributed by atoms with Gasteiger partial charge in [-0.1, -0.05) is 12.1 Å². The number of alkyl halides is 3. The quantitative estimate of drug-likeness (QED) is 0.809. The lowest BCUT2D eigenvalue weighted by atomic mass is 10.1. The van der Waals surface area contributed by atoms with E-state index in [2.05, 4.69) is 9.97 Å². The first-order chi connectivity index (χ1) is 9.50. The van der Waals surface area contributed by atoms with Crippen LogP contribution in [0, 0.1) is 0 Å². The summed E-state index contributed by atoms with van der Waals surface area (Å²) in [6.07, 6.45) is -1.08. The second-order valence-corrected chi connectivity index (χ2v) is 3.80. The molecule has 7 heteroatoms. The third-order valence-electron chi connectivity index (χ3n) is 2.42. The summed E-state index contributed by atoms with van der Waals surface area (Å²) in [4.78, 5) is 18.0. The highest BCUT2D eigenvalue weighted by atomic mass is 19.4. The van der Waals surface area contributed by atoms with Crippen LogP contribution < -0.4 is 4.74 Å². The van der Waals surface area contributed by atoms with E-state index in [4.69, 9.17) is 4.74 Å². The summed E-state index contributed by atoms with van der Waals surface area (Å²) >= 11 is 0. The molecule has 0 N–H and O–H groups in total. The van der Waals surface area contributed by atoms with Gasteiger partial charge in [0.2, 0.25) is 0 Å².